The largest absolute Gasteiger partial charge is 0.381 e. The van der Waals surface area contributed by atoms with Gasteiger partial charge in [0.05, 0.1) is 10.8 Å². The van der Waals surface area contributed by atoms with Crippen LogP contribution in [0.1, 0.15) is 30.5 Å². The summed E-state index contributed by atoms with van der Waals surface area (Å²) in [7, 11) is -1.70. The second-order valence-electron chi connectivity index (χ2n) is 7.78. The molecule has 2 fully saturated rings. The van der Waals surface area contributed by atoms with Crippen LogP contribution >= 0.6 is 0 Å². The monoisotopic (exact) mass is 434 g/mol. The topological polar surface area (TPSA) is 106 Å². The number of carbonyl (C=O) groups excluding carboxylic acids is 1. The number of ether oxygens (including phenoxy) is 1. The molecule has 0 aliphatic carbocycles. The van der Waals surface area contributed by atoms with Crippen LogP contribution in [0.4, 0.5) is 0 Å². The van der Waals surface area contributed by atoms with Gasteiger partial charge in [-0.15, -0.1) is 0 Å². The van der Waals surface area contributed by atoms with Crippen molar-refractivity contribution in [3.8, 4) is 0 Å². The summed E-state index contributed by atoms with van der Waals surface area (Å²) in [6.07, 6.45) is 2.02. The molecule has 4 rings (SSSR count). The molecule has 0 radical (unpaired) electrons. The van der Waals surface area contributed by atoms with Gasteiger partial charge in [-0.05, 0) is 25.0 Å². The summed E-state index contributed by atoms with van der Waals surface area (Å²) in [6, 6.07) is 8.38. The first kappa shape index (κ1) is 21.0. The maximum Gasteiger partial charge on any atom is 0.243 e. The van der Waals surface area contributed by atoms with E-state index in [1.165, 1.54) is 4.31 Å². The van der Waals surface area contributed by atoms with Gasteiger partial charge in [-0.25, -0.2) is 8.42 Å². The van der Waals surface area contributed by atoms with Crippen molar-refractivity contribution in [2.75, 3.05) is 39.9 Å². The van der Waals surface area contributed by atoms with Gasteiger partial charge < -0.3 is 14.2 Å². The highest BCUT2D eigenvalue weighted by Crippen LogP contribution is 2.31. The number of hydrogen-bond acceptors (Lipinski definition) is 7. The predicted molar refractivity (Wildman–Crippen MR) is 107 cm³/mol. The lowest BCUT2D eigenvalue weighted by Gasteiger charge is -2.35. The minimum absolute atomic E-state index is 0.0251. The molecule has 9 nitrogen and oxygen atoms in total. The van der Waals surface area contributed by atoms with Crippen molar-refractivity contribution in [1.29, 1.82) is 0 Å². The molecule has 162 valence electrons. The average molecular weight is 435 g/mol. The van der Waals surface area contributed by atoms with Crippen molar-refractivity contribution < 1.29 is 22.5 Å². The zero-order chi connectivity index (χ0) is 21.1. The van der Waals surface area contributed by atoms with Crippen LogP contribution in [0.2, 0.25) is 0 Å². The molecule has 1 aromatic carbocycles. The van der Waals surface area contributed by atoms with Gasteiger partial charge in [0.15, 0.2) is 5.82 Å². The van der Waals surface area contributed by atoms with Crippen molar-refractivity contribution in [2.45, 2.75) is 30.1 Å². The van der Waals surface area contributed by atoms with Gasteiger partial charge in [0, 0.05) is 52.2 Å². The normalized spacial score (nSPS) is 18.8. The van der Waals surface area contributed by atoms with E-state index in [4.69, 9.17) is 9.26 Å². The fourth-order valence-corrected chi connectivity index (χ4v) is 5.25. The molecule has 2 saturated heterocycles. The Morgan fingerprint density at radius 3 is 2.60 bits per heavy atom. The predicted octanol–water partition coefficient (Wildman–Crippen LogP) is 1.29. The van der Waals surface area contributed by atoms with Crippen LogP contribution < -0.4 is 0 Å². The van der Waals surface area contributed by atoms with Gasteiger partial charge in [-0.3, -0.25) is 4.79 Å². The minimum atomic E-state index is -3.49. The first-order valence-corrected chi connectivity index (χ1v) is 11.6. The molecule has 0 N–H and O–H groups in total. The number of hydrogen-bond donors (Lipinski definition) is 0. The summed E-state index contributed by atoms with van der Waals surface area (Å²) in [5, 5.41) is 4.00. The molecule has 2 aliphatic heterocycles. The van der Waals surface area contributed by atoms with Crippen LogP contribution in [0, 0.1) is 5.92 Å². The van der Waals surface area contributed by atoms with Crippen LogP contribution in [0.25, 0.3) is 0 Å². The Morgan fingerprint density at radius 1 is 1.20 bits per heavy atom. The fourth-order valence-electron chi connectivity index (χ4n) is 3.70. The molecule has 1 aromatic heterocycles. The van der Waals surface area contributed by atoms with Crippen LogP contribution in [-0.2, 0) is 26.0 Å². The third-order valence-electron chi connectivity index (χ3n) is 5.68. The Hall–Kier alpha value is -2.30. The van der Waals surface area contributed by atoms with E-state index in [1.54, 1.807) is 42.3 Å². The van der Waals surface area contributed by atoms with Gasteiger partial charge in [-0.1, -0.05) is 23.4 Å². The van der Waals surface area contributed by atoms with Crippen LogP contribution in [0.15, 0.2) is 39.8 Å². The molecule has 3 heterocycles. The van der Waals surface area contributed by atoms with E-state index in [0.717, 1.165) is 12.8 Å². The Balaban J connectivity index is 1.27. The summed E-state index contributed by atoms with van der Waals surface area (Å²) in [5.41, 5.74) is 0. The summed E-state index contributed by atoms with van der Waals surface area (Å²) in [6.45, 7) is 2.42. The molecular weight excluding hydrogens is 408 g/mol. The first-order chi connectivity index (χ1) is 14.4. The number of rotatable bonds is 7. The lowest BCUT2D eigenvalue weighted by Crippen LogP contribution is -2.48. The number of likely N-dealkylation sites (N-methyl/N-ethyl adjacent to an activating group) is 1. The molecule has 0 spiro atoms. The lowest BCUT2D eigenvalue weighted by atomic mass is 9.99. The molecule has 0 saturated carbocycles. The molecule has 0 atom stereocenters. The van der Waals surface area contributed by atoms with E-state index in [-0.39, 0.29) is 22.6 Å². The van der Waals surface area contributed by atoms with Crippen LogP contribution in [-0.4, -0.2) is 73.6 Å². The SMILES string of the molecule is CN(CCc1noc(C2CN(S(=O)(=O)c3ccccc3)C2)n1)C(=O)C1CCOCC1. The highest BCUT2D eigenvalue weighted by Gasteiger charge is 2.40. The molecule has 0 unspecified atom stereocenters. The van der Waals surface area contributed by atoms with E-state index < -0.39 is 10.0 Å². The highest BCUT2D eigenvalue weighted by atomic mass is 32.2. The van der Waals surface area contributed by atoms with Gasteiger partial charge in [0.25, 0.3) is 0 Å². The lowest BCUT2D eigenvalue weighted by molar-refractivity contribution is -0.137. The van der Waals surface area contributed by atoms with Crippen molar-refractivity contribution in [3.05, 3.63) is 42.0 Å². The summed E-state index contributed by atoms with van der Waals surface area (Å²) < 4.78 is 37.2. The average Bonchev–Trinajstić information content (AvgIpc) is 3.20. The zero-order valence-corrected chi connectivity index (χ0v) is 17.8. The molecule has 0 bridgehead atoms. The second kappa shape index (κ2) is 8.83. The van der Waals surface area contributed by atoms with Gasteiger partial charge in [0.2, 0.25) is 21.8 Å². The van der Waals surface area contributed by atoms with E-state index in [0.29, 0.717) is 51.0 Å². The molecule has 10 heteroatoms. The maximum atomic E-state index is 12.6. The Morgan fingerprint density at radius 2 is 1.90 bits per heavy atom. The second-order valence-corrected chi connectivity index (χ2v) is 9.72. The van der Waals surface area contributed by atoms with E-state index >= 15 is 0 Å². The third-order valence-corrected chi connectivity index (χ3v) is 7.53. The van der Waals surface area contributed by atoms with Crippen LogP contribution in [0.5, 0.6) is 0 Å². The molecule has 30 heavy (non-hydrogen) atoms. The van der Waals surface area contributed by atoms with Gasteiger partial charge >= 0.3 is 0 Å². The number of amides is 1. The molecular formula is C20H26N4O5S. The zero-order valence-electron chi connectivity index (χ0n) is 16.9. The van der Waals surface area contributed by atoms with Gasteiger partial charge in [-0.2, -0.15) is 9.29 Å². The van der Waals surface area contributed by atoms with E-state index in [9.17, 15) is 13.2 Å². The van der Waals surface area contributed by atoms with Crippen molar-refractivity contribution in [1.82, 2.24) is 19.3 Å². The number of carbonyl (C=O) groups is 1. The highest BCUT2D eigenvalue weighted by molar-refractivity contribution is 7.89. The Kier molecular flexibility index (Phi) is 6.16. The fraction of sp³-hybridized carbons (Fsp3) is 0.550. The molecule has 1 amide bonds. The number of nitrogens with zero attached hydrogens (tertiary/aromatic N) is 4. The minimum Gasteiger partial charge on any atom is -0.381 e. The maximum absolute atomic E-state index is 12.6. The molecule has 2 aromatic rings. The van der Waals surface area contributed by atoms with Crippen molar-refractivity contribution >= 4 is 15.9 Å². The Labute approximate surface area is 176 Å². The number of sulfonamides is 1. The number of aromatic nitrogens is 2. The van der Waals surface area contributed by atoms with Gasteiger partial charge in [0.1, 0.15) is 0 Å². The smallest absolute Gasteiger partial charge is 0.243 e. The van der Waals surface area contributed by atoms with Crippen LogP contribution in [0.3, 0.4) is 0 Å². The summed E-state index contributed by atoms with van der Waals surface area (Å²) in [5.74, 6) is 1.02. The third kappa shape index (κ3) is 4.40. The van der Waals surface area contributed by atoms with E-state index in [1.807, 2.05) is 0 Å². The Bertz CT molecular complexity index is 966. The van der Waals surface area contributed by atoms with E-state index in [2.05, 4.69) is 10.1 Å². The first-order valence-electron chi connectivity index (χ1n) is 10.2. The standard InChI is InChI=1S/C20H26N4O5S/c1-23(20(25)15-8-11-28-12-9-15)10-7-18-21-19(29-22-18)16-13-24(14-16)30(26,27)17-5-3-2-4-6-17/h2-6,15-16H,7-14H2,1H3. The van der Waals surface area contributed by atoms with Crippen molar-refractivity contribution in [2.24, 2.45) is 5.92 Å². The van der Waals surface area contributed by atoms with Crippen molar-refractivity contribution in [3.63, 3.8) is 0 Å². The number of benzene rings is 1. The summed E-state index contributed by atoms with van der Waals surface area (Å²) in [4.78, 5) is 18.9. The summed E-state index contributed by atoms with van der Waals surface area (Å²) >= 11 is 0. The quantitative estimate of drug-likeness (QED) is 0.646. The molecule has 2 aliphatic rings.